The molecular weight excluding hydrogens is 200 g/mol. The third kappa shape index (κ3) is 2.01. The fourth-order valence-corrected chi connectivity index (χ4v) is 2.73. The maximum atomic E-state index is 11.7. The van der Waals surface area contributed by atoms with Crippen LogP contribution in [-0.2, 0) is 4.79 Å². The molecule has 2 heterocycles. The topological polar surface area (TPSA) is 32.3 Å². The van der Waals surface area contributed by atoms with Crippen molar-refractivity contribution < 1.29 is 4.79 Å². The minimum absolute atomic E-state index is 0.0974. The predicted octanol–water partition coefficient (Wildman–Crippen LogP) is 1.55. The number of ketones is 1. The van der Waals surface area contributed by atoms with Crippen LogP contribution in [0.1, 0.15) is 34.1 Å². The first kappa shape index (κ1) is 11.6. The van der Waals surface area contributed by atoms with Crippen molar-refractivity contribution in [1.29, 1.82) is 0 Å². The summed E-state index contributed by atoms with van der Waals surface area (Å²) < 4.78 is 0. The number of hydrogen-bond acceptors (Lipinski definition) is 3. The van der Waals surface area contributed by atoms with Crippen LogP contribution in [0.5, 0.6) is 0 Å². The molecule has 0 bridgehead atoms. The summed E-state index contributed by atoms with van der Waals surface area (Å²) in [6.07, 6.45) is 4.62. The van der Waals surface area contributed by atoms with Crippen LogP contribution in [0.15, 0.2) is 12.3 Å². The first-order chi connectivity index (χ1) is 7.40. The molecule has 90 valence electrons. The zero-order valence-corrected chi connectivity index (χ0v) is 10.7. The molecular formula is C13H22N2O. The number of carbonyl (C=O) groups is 1. The van der Waals surface area contributed by atoms with E-state index in [2.05, 4.69) is 37.9 Å². The van der Waals surface area contributed by atoms with E-state index in [9.17, 15) is 4.79 Å². The van der Waals surface area contributed by atoms with Gasteiger partial charge in [0.25, 0.3) is 0 Å². The summed E-state index contributed by atoms with van der Waals surface area (Å²) in [5.74, 6) is 0.274. The highest BCUT2D eigenvalue weighted by Crippen LogP contribution is 2.36. The summed E-state index contributed by atoms with van der Waals surface area (Å²) in [5, 5.41) is 3.61. The fraction of sp³-hybridized carbons (Fsp3) is 0.769. The van der Waals surface area contributed by atoms with Crippen molar-refractivity contribution >= 4 is 5.78 Å². The highest BCUT2D eigenvalue weighted by molar-refractivity contribution is 5.96. The lowest BCUT2D eigenvalue weighted by molar-refractivity contribution is -0.120. The monoisotopic (exact) mass is 222 g/mol. The van der Waals surface area contributed by atoms with Crippen molar-refractivity contribution in [3.8, 4) is 0 Å². The minimum atomic E-state index is 0.0974. The Bertz CT molecular complexity index is 320. The normalized spacial score (nSPS) is 32.3. The molecule has 1 fully saturated rings. The van der Waals surface area contributed by atoms with Crippen molar-refractivity contribution in [2.75, 3.05) is 6.54 Å². The molecule has 0 radical (unpaired) electrons. The van der Waals surface area contributed by atoms with Crippen molar-refractivity contribution in [3.05, 3.63) is 12.3 Å². The van der Waals surface area contributed by atoms with Gasteiger partial charge in [-0.05, 0) is 17.9 Å². The predicted molar refractivity (Wildman–Crippen MR) is 65.1 cm³/mol. The average Bonchev–Trinajstić information content (AvgIpc) is 2.47. The Hall–Kier alpha value is -0.830. The lowest BCUT2D eigenvalue weighted by atomic mass is 9.74. The van der Waals surface area contributed by atoms with E-state index in [4.69, 9.17) is 0 Å². The van der Waals surface area contributed by atoms with Gasteiger partial charge in [0.15, 0.2) is 5.78 Å². The van der Waals surface area contributed by atoms with E-state index in [0.717, 1.165) is 13.0 Å². The summed E-state index contributed by atoms with van der Waals surface area (Å²) >= 11 is 0. The van der Waals surface area contributed by atoms with E-state index in [0.29, 0.717) is 12.1 Å². The Labute approximate surface area is 97.9 Å². The van der Waals surface area contributed by atoms with E-state index in [1.165, 1.54) is 0 Å². The number of fused-ring (bicyclic) bond motifs is 1. The maximum Gasteiger partial charge on any atom is 0.179 e. The molecule has 0 aromatic rings. The molecule has 16 heavy (non-hydrogen) atoms. The van der Waals surface area contributed by atoms with E-state index >= 15 is 0 Å². The van der Waals surface area contributed by atoms with Crippen LogP contribution in [0.3, 0.4) is 0 Å². The molecule has 0 aromatic carbocycles. The Morgan fingerprint density at radius 1 is 1.50 bits per heavy atom. The highest BCUT2D eigenvalue weighted by Gasteiger charge is 2.43. The zero-order valence-electron chi connectivity index (χ0n) is 10.7. The van der Waals surface area contributed by atoms with Gasteiger partial charge < -0.3 is 10.2 Å². The van der Waals surface area contributed by atoms with Crippen molar-refractivity contribution in [3.63, 3.8) is 0 Å². The van der Waals surface area contributed by atoms with Gasteiger partial charge in [-0.25, -0.2) is 0 Å². The molecule has 1 N–H and O–H groups in total. The van der Waals surface area contributed by atoms with Gasteiger partial charge in [-0.3, -0.25) is 4.79 Å². The van der Waals surface area contributed by atoms with Crippen molar-refractivity contribution in [2.45, 2.75) is 52.2 Å². The van der Waals surface area contributed by atoms with Crippen LogP contribution in [-0.4, -0.2) is 35.4 Å². The van der Waals surface area contributed by atoms with E-state index in [1.54, 1.807) is 6.08 Å². The number of rotatable bonds is 2. The first-order valence-electron chi connectivity index (χ1n) is 6.14. The molecule has 0 aromatic heterocycles. The summed E-state index contributed by atoms with van der Waals surface area (Å²) in [4.78, 5) is 13.9. The second-order valence-corrected chi connectivity index (χ2v) is 6.00. The van der Waals surface area contributed by atoms with Crippen LogP contribution in [0.25, 0.3) is 0 Å². The summed E-state index contributed by atoms with van der Waals surface area (Å²) in [6, 6.07) is 1.04. The smallest absolute Gasteiger partial charge is 0.179 e. The van der Waals surface area contributed by atoms with Crippen LogP contribution in [0, 0.1) is 5.41 Å². The third-order valence-electron chi connectivity index (χ3n) is 3.75. The van der Waals surface area contributed by atoms with E-state index in [1.807, 2.05) is 6.20 Å². The van der Waals surface area contributed by atoms with Crippen molar-refractivity contribution in [2.24, 2.45) is 5.41 Å². The van der Waals surface area contributed by atoms with Gasteiger partial charge in [-0.15, -0.1) is 0 Å². The molecule has 3 nitrogen and oxygen atoms in total. The highest BCUT2D eigenvalue weighted by atomic mass is 16.1. The third-order valence-corrected chi connectivity index (χ3v) is 3.75. The molecule has 0 amide bonds. The molecule has 0 aliphatic carbocycles. The Morgan fingerprint density at radius 2 is 2.19 bits per heavy atom. The lowest BCUT2D eigenvalue weighted by Crippen LogP contribution is -2.58. The molecule has 2 rings (SSSR count). The Morgan fingerprint density at radius 3 is 2.81 bits per heavy atom. The SMILES string of the molecule is CC(C)NC1CN2C=CC(=O)C2CC1(C)C. The molecule has 1 saturated heterocycles. The van der Waals surface area contributed by atoms with Crippen LogP contribution in [0.2, 0.25) is 0 Å². The average molecular weight is 222 g/mol. The molecule has 0 saturated carbocycles. The molecule has 2 unspecified atom stereocenters. The molecule has 3 heteroatoms. The molecule has 2 atom stereocenters. The van der Waals surface area contributed by atoms with Crippen LogP contribution < -0.4 is 5.32 Å². The summed E-state index contributed by atoms with van der Waals surface area (Å²) in [7, 11) is 0. The van der Waals surface area contributed by atoms with Gasteiger partial charge in [-0.1, -0.05) is 27.7 Å². The molecule has 2 aliphatic rings. The number of nitrogens with zero attached hydrogens (tertiary/aromatic N) is 1. The maximum absolute atomic E-state index is 11.7. The van der Waals surface area contributed by atoms with Gasteiger partial charge in [-0.2, -0.15) is 0 Å². The van der Waals surface area contributed by atoms with Gasteiger partial charge in [0, 0.05) is 24.8 Å². The van der Waals surface area contributed by atoms with Crippen LogP contribution in [0.4, 0.5) is 0 Å². The first-order valence-corrected chi connectivity index (χ1v) is 6.14. The summed E-state index contributed by atoms with van der Waals surface area (Å²) in [6.45, 7) is 9.81. The van der Waals surface area contributed by atoms with E-state index in [-0.39, 0.29) is 17.2 Å². The second kappa shape index (κ2) is 3.88. The second-order valence-electron chi connectivity index (χ2n) is 6.00. The minimum Gasteiger partial charge on any atom is -0.365 e. The number of carbonyl (C=O) groups excluding carboxylic acids is 1. The van der Waals surface area contributed by atoms with Gasteiger partial charge in [0.1, 0.15) is 0 Å². The fourth-order valence-electron chi connectivity index (χ4n) is 2.73. The number of hydrogen-bond donors (Lipinski definition) is 1. The lowest BCUT2D eigenvalue weighted by Gasteiger charge is -2.47. The van der Waals surface area contributed by atoms with E-state index < -0.39 is 0 Å². The van der Waals surface area contributed by atoms with Crippen LogP contribution >= 0.6 is 0 Å². The Balaban J connectivity index is 2.12. The zero-order chi connectivity index (χ0) is 11.9. The quantitative estimate of drug-likeness (QED) is 0.769. The number of nitrogens with one attached hydrogen (secondary N) is 1. The van der Waals surface area contributed by atoms with Gasteiger partial charge in [0.2, 0.25) is 0 Å². The Kier molecular flexibility index (Phi) is 2.82. The molecule has 0 spiro atoms. The van der Waals surface area contributed by atoms with Crippen molar-refractivity contribution in [1.82, 2.24) is 10.2 Å². The summed E-state index contributed by atoms with van der Waals surface area (Å²) in [5.41, 5.74) is 0.188. The number of piperidine rings is 1. The molecule has 2 aliphatic heterocycles. The van der Waals surface area contributed by atoms with Gasteiger partial charge >= 0.3 is 0 Å². The van der Waals surface area contributed by atoms with Gasteiger partial charge in [0.05, 0.1) is 6.04 Å². The largest absolute Gasteiger partial charge is 0.365 e. The standard InChI is InChI=1S/C13H22N2O/c1-9(2)14-12-8-15-6-5-11(16)10(15)7-13(12,3)4/h5-6,9-10,12,14H,7-8H2,1-4H3.